The van der Waals surface area contributed by atoms with Crippen LogP contribution in [0.2, 0.25) is 0 Å². The highest BCUT2D eigenvalue weighted by molar-refractivity contribution is 6.02. The average molecular weight is 327 g/mol. The van der Waals surface area contributed by atoms with E-state index in [-0.39, 0.29) is 17.7 Å². The molecule has 0 unspecified atom stereocenters. The molecule has 0 aliphatic heterocycles. The Morgan fingerprint density at radius 1 is 1.08 bits per heavy atom. The third-order valence-electron chi connectivity index (χ3n) is 3.12. The Morgan fingerprint density at radius 3 is 2.38 bits per heavy atom. The molecule has 0 bridgehead atoms. The molecule has 0 saturated heterocycles. The van der Waals surface area contributed by atoms with Gasteiger partial charge < -0.3 is 10.1 Å². The van der Waals surface area contributed by atoms with Crippen molar-refractivity contribution in [2.75, 3.05) is 11.9 Å². The smallest absolute Gasteiger partial charge is 0.338 e. The predicted molar refractivity (Wildman–Crippen MR) is 91.1 cm³/mol. The molecule has 2 aromatic carbocycles. The first-order chi connectivity index (χ1) is 11.6. The zero-order chi connectivity index (χ0) is 17.4. The molecule has 5 heteroatoms. The molecule has 0 atom stereocenters. The van der Waals surface area contributed by atoms with Gasteiger partial charge in [-0.3, -0.25) is 4.79 Å². The van der Waals surface area contributed by atoms with E-state index in [2.05, 4.69) is 5.32 Å². The zero-order valence-electron chi connectivity index (χ0n) is 13.3. The molecule has 0 aromatic heterocycles. The van der Waals surface area contributed by atoms with Crippen molar-refractivity contribution in [1.29, 1.82) is 0 Å². The molecule has 4 nitrogen and oxygen atoms in total. The van der Waals surface area contributed by atoms with Gasteiger partial charge in [0, 0.05) is 11.8 Å². The second-order valence-electron chi connectivity index (χ2n) is 5.09. The van der Waals surface area contributed by atoms with E-state index in [1.807, 2.05) is 6.92 Å². The minimum Gasteiger partial charge on any atom is -0.462 e. The number of benzene rings is 2. The van der Waals surface area contributed by atoms with Crippen molar-refractivity contribution < 1.29 is 18.7 Å². The summed E-state index contributed by atoms with van der Waals surface area (Å²) in [7, 11) is 0. The first-order valence-corrected chi connectivity index (χ1v) is 7.60. The third-order valence-corrected chi connectivity index (χ3v) is 3.12. The van der Waals surface area contributed by atoms with Crippen LogP contribution in [0.15, 0.2) is 54.6 Å². The SMILES string of the molecule is CCCOC(=O)c1ccc(NC(=O)/C=C/c2ccc(F)cc2)cc1. The highest BCUT2D eigenvalue weighted by atomic mass is 19.1. The van der Waals surface area contributed by atoms with Crippen LogP contribution in [-0.2, 0) is 9.53 Å². The van der Waals surface area contributed by atoms with Gasteiger partial charge in [0.2, 0.25) is 5.91 Å². The largest absolute Gasteiger partial charge is 0.462 e. The fraction of sp³-hybridized carbons (Fsp3) is 0.158. The molecule has 0 aliphatic carbocycles. The second-order valence-corrected chi connectivity index (χ2v) is 5.09. The maximum atomic E-state index is 12.8. The van der Waals surface area contributed by atoms with E-state index in [0.29, 0.717) is 17.9 Å². The molecule has 2 rings (SSSR count). The third kappa shape index (κ3) is 5.35. The monoisotopic (exact) mass is 327 g/mol. The highest BCUT2D eigenvalue weighted by Gasteiger charge is 2.06. The summed E-state index contributed by atoms with van der Waals surface area (Å²) in [6.45, 7) is 2.30. The van der Waals surface area contributed by atoms with E-state index in [9.17, 15) is 14.0 Å². The second kappa shape index (κ2) is 8.62. The highest BCUT2D eigenvalue weighted by Crippen LogP contribution is 2.11. The lowest BCUT2D eigenvalue weighted by atomic mass is 10.2. The molecule has 0 heterocycles. The van der Waals surface area contributed by atoms with Crippen LogP contribution in [0, 0.1) is 5.82 Å². The van der Waals surface area contributed by atoms with E-state index in [1.165, 1.54) is 18.2 Å². The van der Waals surface area contributed by atoms with Crippen molar-refractivity contribution in [2.45, 2.75) is 13.3 Å². The maximum Gasteiger partial charge on any atom is 0.338 e. The number of halogens is 1. The lowest BCUT2D eigenvalue weighted by Crippen LogP contribution is -2.09. The van der Waals surface area contributed by atoms with Gasteiger partial charge in [0.1, 0.15) is 5.82 Å². The van der Waals surface area contributed by atoms with Gasteiger partial charge >= 0.3 is 5.97 Å². The summed E-state index contributed by atoms with van der Waals surface area (Å²) in [6.07, 6.45) is 3.71. The van der Waals surface area contributed by atoms with Crippen LogP contribution in [0.1, 0.15) is 29.3 Å². The standard InChI is InChI=1S/C19H18FNO3/c1-2-13-24-19(23)15-6-10-17(11-7-15)21-18(22)12-5-14-3-8-16(20)9-4-14/h3-12H,2,13H2,1H3,(H,21,22)/b12-5+. The van der Waals surface area contributed by atoms with Crippen molar-refractivity contribution in [3.05, 3.63) is 71.6 Å². The van der Waals surface area contributed by atoms with Gasteiger partial charge in [-0.1, -0.05) is 19.1 Å². The number of rotatable bonds is 6. The number of hydrogen-bond donors (Lipinski definition) is 1. The Bertz CT molecular complexity index is 721. The molecule has 1 N–H and O–H groups in total. The number of carbonyl (C=O) groups excluding carboxylic acids is 2. The Balaban J connectivity index is 1.92. The van der Waals surface area contributed by atoms with Gasteiger partial charge in [0.25, 0.3) is 0 Å². The van der Waals surface area contributed by atoms with Crippen LogP contribution in [0.4, 0.5) is 10.1 Å². The Hall–Kier alpha value is -2.95. The van der Waals surface area contributed by atoms with Gasteiger partial charge in [-0.25, -0.2) is 9.18 Å². The summed E-state index contributed by atoms with van der Waals surface area (Å²) in [4.78, 5) is 23.5. The molecule has 0 aliphatic rings. The molecule has 1 amide bonds. The van der Waals surface area contributed by atoms with Crippen LogP contribution in [0.25, 0.3) is 6.08 Å². The Labute approximate surface area is 140 Å². The molecule has 0 radical (unpaired) electrons. The molecule has 0 saturated carbocycles. The zero-order valence-corrected chi connectivity index (χ0v) is 13.3. The minimum atomic E-state index is -0.383. The summed E-state index contributed by atoms with van der Waals surface area (Å²) >= 11 is 0. The van der Waals surface area contributed by atoms with E-state index in [1.54, 1.807) is 42.5 Å². The van der Waals surface area contributed by atoms with Crippen LogP contribution >= 0.6 is 0 Å². The number of esters is 1. The molecule has 0 spiro atoms. The number of amides is 1. The number of anilines is 1. The van der Waals surface area contributed by atoms with Crippen molar-refractivity contribution in [3.63, 3.8) is 0 Å². The van der Waals surface area contributed by atoms with Gasteiger partial charge in [-0.05, 0) is 54.5 Å². The van der Waals surface area contributed by atoms with Gasteiger partial charge in [0.05, 0.1) is 12.2 Å². The Morgan fingerprint density at radius 2 is 1.75 bits per heavy atom. The van der Waals surface area contributed by atoms with Crippen LogP contribution in [0.5, 0.6) is 0 Å². The lowest BCUT2D eigenvalue weighted by Gasteiger charge is -2.05. The van der Waals surface area contributed by atoms with Gasteiger partial charge in [-0.2, -0.15) is 0 Å². The molecule has 124 valence electrons. The fourth-order valence-corrected chi connectivity index (χ4v) is 1.90. The summed E-state index contributed by atoms with van der Waals surface area (Å²) in [5, 5.41) is 2.68. The molecule has 2 aromatic rings. The summed E-state index contributed by atoms with van der Waals surface area (Å²) < 4.78 is 17.8. The van der Waals surface area contributed by atoms with Crippen LogP contribution in [-0.4, -0.2) is 18.5 Å². The maximum absolute atomic E-state index is 12.8. The van der Waals surface area contributed by atoms with E-state index in [4.69, 9.17) is 4.74 Å². The van der Waals surface area contributed by atoms with Crippen molar-refractivity contribution in [2.24, 2.45) is 0 Å². The molecular formula is C19H18FNO3. The van der Waals surface area contributed by atoms with Crippen molar-refractivity contribution in [1.82, 2.24) is 0 Å². The van der Waals surface area contributed by atoms with Gasteiger partial charge in [-0.15, -0.1) is 0 Å². The predicted octanol–water partition coefficient (Wildman–Crippen LogP) is 4.04. The fourth-order valence-electron chi connectivity index (χ4n) is 1.90. The first kappa shape index (κ1) is 17.4. The number of nitrogens with one attached hydrogen (secondary N) is 1. The Kier molecular flexibility index (Phi) is 6.25. The van der Waals surface area contributed by atoms with Crippen LogP contribution in [0.3, 0.4) is 0 Å². The average Bonchev–Trinajstić information content (AvgIpc) is 2.60. The summed E-state index contributed by atoms with van der Waals surface area (Å²) in [6, 6.07) is 12.3. The number of ether oxygens (including phenoxy) is 1. The van der Waals surface area contributed by atoms with E-state index >= 15 is 0 Å². The van der Waals surface area contributed by atoms with E-state index < -0.39 is 0 Å². The topological polar surface area (TPSA) is 55.4 Å². The quantitative estimate of drug-likeness (QED) is 0.643. The normalized spacial score (nSPS) is 10.6. The van der Waals surface area contributed by atoms with E-state index in [0.717, 1.165) is 12.0 Å². The molecular weight excluding hydrogens is 309 g/mol. The molecule has 0 fully saturated rings. The molecule has 24 heavy (non-hydrogen) atoms. The lowest BCUT2D eigenvalue weighted by molar-refractivity contribution is -0.111. The number of carbonyl (C=O) groups is 2. The van der Waals surface area contributed by atoms with Gasteiger partial charge in [0.15, 0.2) is 0 Å². The minimum absolute atomic E-state index is 0.319. The summed E-state index contributed by atoms with van der Waals surface area (Å²) in [5.74, 6) is -1.03. The summed E-state index contributed by atoms with van der Waals surface area (Å²) in [5.41, 5.74) is 1.72. The first-order valence-electron chi connectivity index (χ1n) is 7.60. The van der Waals surface area contributed by atoms with Crippen LogP contribution < -0.4 is 5.32 Å². The van der Waals surface area contributed by atoms with Crippen molar-refractivity contribution in [3.8, 4) is 0 Å². The number of hydrogen-bond acceptors (Lipinski definition) is 3. The van der Waals surface area contributed by atoms with Crippen molar-refractivity contribution >= 4 is 23.6 Å².